The lowest BCUT2D eigenvalue weighted by atomic mass is 10.1. The van der Waals surface area contributed by atoms with Crippen molar-refractivity contribution >= 4 is 57.5 Å². The number of esters is 1. The highest BCUT2D eigenvalue weighted by molar-refractivity contribution is 8.18. The largest absolute Gasteiger partial charge is 0.459 e. The van der Waals surface area contributed by atoms with Gasteiger partial charge in [-0.3, -0.25) is 19.3 Å². The summed E-state index contributed by atoms with van der Waals surface area (Å²) in [5.41, 5.74) is 3.08. The predicted octanol–water partition coefficient (Wildman–Crippen LogP) is 6.03. The van der Waals surface area contributed by atoms with E-state index in [-0.39, 0.29) is 4.91 Å². The quantitative estimate of drug-likeness (QED) is 0.318. The Labute approximate surface area is 207 Å². The first-order valence-corrected chi connectivity index (χ1v) is 12.0. The van der Waals surface area contributed by atoms with Gasteiger partial charge >= 0.3 is 5.97 Å². The number of nitrogens with zero attached hydrogens (tertiary/aromatic N) is 2. The van der Waals surface area contributed by atoms with Gasteiger partial charge in [-0.25, -0.2) is 0 Å². The third kappa shape index (κ3) is 4.91. The van der Waals surface area contributed by atoms with Crippen LogP contribution < -0.4 is 0 Å². The molecule has 4 rings (SSSR count). The molecule has 0 saturated carbocycles. The molecule has 0 radical (unpaired) electrons. The van der Waals surface area contributed by atoms with Gasteiger partial charge < -0.3 is 9.30 Å². The second-order valence-electron chi connectivity index (χ2n) is 9.05. The summed E-state index contributed by atoms with van der Waals surface area (Å²) in [4.78, 5) is 38.9. The Morgan fingerprint density at radius 1 is 1.09 bits per heavy atom. The van der Waals surface area contributed by atoms with Crippen molar-refractivity contribution in [2.24, 2.45) is 0 Å². The second kappa shape index (κ2) is 9.31. The number of para-hydroxylation sites is 1. The number of amides is 2. The fourth-order valence-electron chi connectivity index (χ4n) is 3.91. The molecular formula is C26H25ClN2O4S. The number of halogens is 1. The fourth-order valence-corrected chi connectivity index (χ4v) is 4.93. The number of benzene rings is 2. The number of hydrogen-bond donors (Lipinski definition) is 0. The van der Waals surface area contributed by atoms with Gasteiger partial charge in [0.1, 0.15) is 12.1 Å². The maximum Gasteiger partial charge on any atom is 0.326 e. The van der Waals surface area contributed by atoms with Crippen LogP contribution >= 0.6 is 23.4 Å². The summed E-state index contributed by atoms with van der Waals surface area (Å²) in [6.07, 6.45) is 1.74. The summed E-state index contributed by atoms with van der Waals surface area (Å²) in [7, 11) is 0. The SMILES string of the molecule is Cc1c(C=C2SC(=O)N(CC(=O)OC(C)(C)C)C2=O)c2ccccc2n1Cc1ccccc1Cl. The van der Waals surface area contributed by atoms with Crippen LogP contribution in [0.5, 0.6) is 0 Å². The molecule has 2 heterocycles. The van der Waals surface area contributed by atoms with Gasteiger partial charge in [0, 0.05) is 33.7 Å². The highest BCUT2D eigenvalue weighted by atomic mass is 35.5. The number of rotatable bonds is 5. The monoisotopic (exact) mass is 496 g/mol. The van der Waals surface area contributed by atoms with Gasteiger partial charge in [0.15, 0.2) is 0 Å². The van der Waals surface area contributed by atoms with Crippen LogP contribution in [-0.4, -0.2) is 38.7 Å². The molecule has 0 bridgehead atoms. The van der Waals surface area contributed by atoms with Gasteiger partial charge in [-0.2, -0.15) is 0 Å². The Morgan fingerprint density at radius 3 is 2.47 bits per heavy atom. The zero-order valence-electron chi connectivity index (χ0n) is 19.4. The third-order valence-electron chi connectivity index (χ3n) is 5.42. The van der Waals surface area contributed by atoms with E-state index in [1.54, 1.807) is 26.8 Å². The summed E-state index contributed by atoms with van der Waals surface area (Å²) < 4.78 is 7.41. The smallest absolute Gasteiger partial charge is 0.326 e. The number of hydrogen-bond acceptors (Lipinski definition) is 5. The molecule has 6 nitrogen and oxygen atoms in total. The minimum absolute atomic E-state index is 0.275. The summed E-state index contributed by atoms with van der Waals surface area (Å²) in [6.45, 7) is 7.35. The van der Waals surface area contributed by atoms with E-state index in [0.29, 0.717) is 11.6 Å². The number of imide groups is 1. The third-order valence-corrected chi connectivity index (χ3v) is 6.70. The van der Waals surface area contributed by atoms with Crippen LogP contribution in [0.4, 0.5) is 4.79 Å². The Morgan fingerprint density at radius 2 is 1.76 bits per heavy atom. The zero-order chi connectivity index (χ0) is 24.6. The Bertz CT molecular complexity index is 1340. The summed E-state index contributed by atoms with van der Waals surface area (Å²) >= 11 is 7.23. The van der Waals surface area contributed by atoms with Gasteiger partial charge in [-0.05, 0) is 63.2 Å². The predicted molar refractivity (Wildman–Crippen MR) is 136 cm³/mol. The van der Waals surface area contributed by atoms with Crippen LogP contribution in [0.2, 0.25) is 5.02 Å². The number of thioether (sulfide) groups is 1. The van der Waals surface area contributed by atoms with E-state index in [0.717, 1.165) is 44.4 Å². The molecule has 1 saturated heterocycles. The molecule has 8 heteroatoms. The summed E-state index contributed by atoms with van der Waals surface area (Å²) in [5.74, 6) is -1.12. The van der Waals surface area contributed by atoms with Gasteiger partial charge in [0.05, 0.1) is 4.91 Å². The summed E-state index contributed by atoms with van der Waals surface area (Å²) in [6, 6.07) is 15.6. The Hall–Kier alpha value is -3.03. The van der Waals surface area contributed by atoms with Crippen molar-refractivity contribution in [2.45, 2.75) is 39.8 Å². The fraction of sp³-hybridized carbons (Fsp3) is 0.269. The summed E-state index contributed by atoms with van der Waals surface area (Å²) in [5, 5.41) is 1.16. The van der Waals surface area contributed by atoms with E-state index < -0.39 is 29.3 Å². The Balaban J connectivity index is 1.68. The lowest BCUT2D eigenvalue weighted by Gasteiger charge is -2.21. The maximum absolute atomic E-state index is 13.0. The number of carbonyl (C=O) groups is 3. The number of carbonyl (C=O) groups excluding carboxylic acids is 3. The van der Waals surface area contributed by atoms with E-state index in [4.69, 9.17) is 16.3 Å². The average Bonchev–Trinajstić information content (AvgIpc) is 3.17. The topological polar surface area (TPSA) is 68.6 Å². The molecule has 1 aliphatic rings. The molecule has 2 aromatic carbocycles. The molecule has 2 amide bonds. The molecule has 0 atom stereocenters. The second-order valence-corrected chi connectivity index (χ2v) is 10.4. The van der Waals surface area contributed by atoms with Crippen molar-refractivity contribution in [1.82, 2.24) is 9.47 Å². The molecule has 1 aliphatic heterocycles. The number of fused-ring (bicyclic) bond motifs is 1. The lowest BCUT2D eigenvalue weighted by molar-refractivity contribution is -0.156. The van der Waals surface area contributed by atoms with E-state index in [2.05, 4.69) is 4.57 Å². The molecule has 3 aromatic rings. The molecule has 1 fully saturated rings. The lowest BCUT2D eigenvalue weighted by Crippen LogP contribution is -2.37. The molecule has 1 aromatic heterocycles. The highest BCUT2D eigenvalue weighted by Gasteiger charge is 2.37. The molecule has 0 aliphatic carbocycles. The molecule has 34 heavy (non-hydrogen) atoms. The first kappa shape index (κ1) is 24.1. The van der Waals surface area contributed by atoms with Crippen LogP contribution in [0.3, 0.4) is 0 Å². The van der Waals surface area contributed by atoms with Crippen LogP contribution in [0.1, 0.15) is 37.6 Å². The van der Waals surface area contributed by atoms with E-state index >= 15 is 0 Å². The van der Waals surface area contributed by atoms with Crippen LogP contribution in [-0.2, 0) is 20.9 Å². The molecular weight excluding hydrogens is 472 g/mol. The van der Waals surface area contributed by atoms with Crippen molar-refractivity contribution in [3.63, 3.8) is 0 Å². The van der Waals surface area contributed by atoms with Crippen LogP contribution in [0.15, 0.2) is 53.4 Å². The number of ether oxygens (including phenoxy) is 1. The van der Waals surface area contributed by atoms with Gasteiger partial charge in [-0.15, -0.1) is 0 Å². The Kier molecular flexibility index (Phi) is 6.60. The zero-order valence-corrected chi connectivity index (χ0v) is 21.0. The van der Waals surface area contributed by atoms with Crippen molar-refractivity contribution < 1.29 is 19.1 Å². The minimum Gasteiger partial charge on any atom is -0.459 e. The van der Waals surface area contributed by atoms with Gasteiger partial charge in [-0.1, -0.05) is 48.0 Å². The molecule has 176 valence electrons. The standard InChI is InChI=1S/C26H25ClN2O4S/c1-16-19(13-22-24(31)29(25(32)34-22)15-23(30)33-26(2,3)4)18-10-6-8-12-21(18)28(16)14-17-9-5-7-11-20(17)27/h5-13H,14-15H2,1-4H3. The molecule has 0 unspecified atom stereocenters. The number of aromatic nitrogens is 1. The van der Waals surface area contributed by atoms with Crippen molar-refractivity contribution in [3.8, 4) is 0 Å². The average molecular weight is 497 g/mol. The first-order valence-electron chi connectivity index (χ1n) is 10.8. The minimum atomic E-state index is -0.699. The van der Waals surface area contributed by atoms with E-state index in [1.165, 1.54) is 0 Å². The maximum atomic E-state index is 13.0. The van der Waals surface area contributed by atoms with Gasteiger partial charge in [0.25, 0.3) is 11.1 Å². The van der Waals surface area contributed by atoms with Crippen molar-refractivity contribution in [2.75, 3.05) is 6.54 Å². The first-order chi connectivity index (χ1) is 16.0. The van der Waals surface area contributed by atoms with E-state index in [9.17, 15) is 14.4 Å². The van der Waals surface area contributed by atoms with Crippen LogP contribution in [0, 0.1) is 6.92 Å². The van der Waals surface area contributed by atoms with Crippen molar-refractivity contribution in [3.05, 3.63) is 75.3 Å². The molecule has 0 spiro atoms. The van der Waals surface area contributed by atoms with E-state index in [1.807, 2.05) is 55.5 Å². The van der Waals surface area contributed by atoms with Crippen LogP contribution in [0.25, 0.3) is 17.0 Å². The van der Waals surface area contributed by atoms with Crippen molar-refractivity contribution in [1.29, 1.82) is 0 Å². The highest BCUT2D eigenvalue weighted by Crippen LogP contribution is 2.36. The molecule has 0 N–H and O–H groups in total. The van der Waals surface area contributed by atoms with Gasteiger partial charge in [0.2, 0.25) is 0 Å². The normalized spacial score (nSPS) is 15.6.